The standard InChI is InChI=1S/C14H19N3O/c1-4-18-14-6-5-11(7-10(14)2)12-9-16-17(3)13(12)8-15/h5-7,9H,4,8,15H2,1-3H3. The second-order valence-electron chi connectivity index (χ2n) is 4.25. The van der Waals surface area contributed by atoms with Crippen molar-refractivity contribution in [3.8, 4) is 16.9 Å². The lowest BCUT2D eigenvalue weighted by molar-refractivity contribution is 0.338. The monoisotopic (exact) mass is 245 g/mol. The van der Waals surface area contributed by atoms with Gasteiger partial charge in [-0.2, -0.15) is 5.10 Å². The lowest BCUT2D eigenvalue weighted by atomic mass is 10.0. The van der Waals surface area contributed by atoms with E-state index in [-0.39, 0.29) is 0 Å². The molecule has 0 bridgehead atoms. The van der Waals surface area contributed by atoms with Crippen molar-refractivity contribution in [2.24, 2.45) is 12.8 Å². The van der Waals surface area contributed by atoms with Crippen molar-refractivity contribution in [1.29, 1.82) is 0 Å². The third kappa shape index (κ3) is 2.24. The minimum Gasteiger partial charge on any atom is -0.494 e. The van der Waals surface area contributed by atoms with E-state index in [2.05, 4.69) is 11.2 Å². The van der Waals surface area contributed by atoms with Gasteiger partial charge < -0.3 is 10.5 Å². The Hall–Kier alpha value is -1.81. The molecule has 0 radical (unpaired) electrons. The fraction of sp³-hybridized carbons (Fsp3) is 0.357. The van der Waals surface area contributed by atoms with Gasteiger partial charge in [0.2, 0.25) is 0 Å². The molecule has 1 aromatic carbocycles. The van der Waals surface area contributed by atoms with Gasteiger partial charge in [-0.25, -0.2) is 0 Å². The summed E-state index contributed by atoms with van der Waals surface area (Å²) >= 11 is 0. The first-order valence-corrected chi connectivity index (χ1v) is 6.12. The van der Waals surface area contributed by atoms with Gasteiger partial charge in [-0.05, 0) is 37.1 Å². The summed E-state index contributed by atoms with van der Waals surface area (Å²) in [5.41, 5.74) is 10.1. The van der Waals surface area contributed by atoms with Gasteiger partial charge in [0.1, 0.15) is 5.75 Å². The summed E-state index contributed by atoms with van der Waals surface area (Å²) in [7, 11) is 1.91. The Morgan fingerprint density at radius 1 is 1.39 bits per heavy atom. The van der Waals surface area contributed by atoms with Gasteiger partial charge in [-0.1, -0.05) is 6.07 Å². The van der Waals surface area contributed by atoms with Crippen LogP contribution in [0.2, 0.25) is 0 Å². The number of ether oxygens (including phenoxy) is 1. The first-order valence-electron chi connectivity index (χ1n) is 6.12. The van der Waals surface area contributed by atoms with Gasteiger partial charge in [0, 0.05) is 19.2 Å². The summed E-state index contributed by atoms with van der Waals surface area (Å²) in [6.07, 6.45) is 1.86. The maximum absolute atomic E-state index is 5.76. The number of nitrogens with two attached hydrogens (primary N) is 1. The van der Waals surface area contributed by atoms with Crippen molar-refractivity contribution in [2.45, 2.75) is 20.4 Å². The minimum absolute atomic E-state index is 0.484. The number of nitrogens with zero attached hydrogens (tertiary/aromatic N) is 2. The molecule has 2 rings (SSSR count). The summed E-state index contributed by atoms with van der Waals surface area (Å²) in [5.74, 6) is 0.930. The molecule has 0 fully saturated rings. The van der Waals surface area contributed by atoms with Crippen LogP contribution in [-0.2, 0) is 13.6 Å². The molecule has 0 amide bonds. The van der Waals surface area contributed by atoms with Crippen LogP contribution in [0.4, 0.5) is 0 Å². The van der Waals surface area contributed by atoms with E-state index in [4.69, 9.17) is 10.5 Å². The van der Waals surface area contributed by atoms with E-state index in [1.54, 1.807) is 0 Å². The van der Waals surface area contributed by atoms with Crippen LogP contribution in [0.15, 0.2) is 24.4 Å². The Bertz CT molecular complexity index is 546. The Kier molecular flexibility index (Phi) is 3.67. The molecule has 0 atom stereocenters. The zero-order chi connectivity index (χ0) is 13.1. The van der Waals surface area contributed by atoms with Gasteiger partial charge >= 0.3 is 0 Å². The number of hydrogen-bond donors (Lipinski definition) is 1. The van der Waals surface area contributed by atoms with Crippen LogP contribution in [-0.4, -0.2) is 16.4 Å². The molecular formula is C14H19N3O. The predicted molar refractivity (Wildman–Crippen MR) is 72.4 cm³/mol. The van der Waals surface area contributed by atoms with Crippen molar-refractivity contribution in [1.82, 2.24) is 9.78 Å². The molecule has 1 heterocycles. The van der Waals surface area contributed by atoms with Crippen molar-refractivity contribution >= 4 is 0 Å². The molecule has 4 nitrogen and oxygen atoms in total. The van der Waals surface area contributed by atoms with Crippen molar-refractivity contribution in [3.63, 3.8) is 0 Å². The highest BCUT2D eigenvalue weighted by Gasteiger charge is 2.10. The van der Waals surface area contributed by atoms with E-state index in [1.165, 1.54) is 0 Å². The molecule has 2 N–H and O–H groups in total. The topological polar surface area (TPSA) is 53.1 Å². The van der Waals surface area contributed by atoms with Gasteiger partial charge in [0.25, 0.3) is 0 Å². The summed E-state index contributed by atoms with van der Waals surface area (Å²) < 4.78 is 7.36. The zero-order valence-electron chi connectivity index (χ0n) is 11.1. The van der Waals surface area contributed by atoms with Crippen LogP contribution >= 0.6 is 0 Å². The van der Waals surface area contributed by atoms with E-state index in [0.717, 1.165) is 28.1 Å². The summed E-state index contributed by atoms with van der Waals surface area (Å²) in [6.45, 7) is 5.20. The van der Waals surface area contributed by atoms with E-state index in [9.17, 15) is 0 Å². The van der Waals surface area contributed by atoms with E-state index in [1.807, 2.05) is 43.9 Å². The Labute approximate surface area is 107 Å². The van der Waals surface area contributed by atoms with Gasteiger partial charge in [-0.3, -0.25) is 4.68 Å². The number of hydrogen-bond acceptors (Lipinski definition) is 3. The summed E-state index contributed by atoms with van der Waals surface area (Å²) in [4.78, 5) is 0. The molecule has 0 aliphatic rings. The molecule has 0 aliphatic carbocycles. The molecule has 18 heavy (non-hydrogen) atoms. The highest BCUT2D eigenvalue weighted by atomic mass is 16.5. The average Bonchev–Trinajstić information content (AvgIpc) is 2.73. The lowest BCUT2D eigenvalue weighted by Gasteiger charge is -2.09. The third-order valence-electron chi connectivity index (χ3n) is 3.04. The van der Waals surface area contributed by atoms with Gasteiger partial charge in [0.05, 0.1) is 18.5 Å². The van der Waals surface area contributed by atoms with E-state index < -0.39 is 0 Å². The number of benzene rings is 1. The van der Waals surface area contributed by atoms with Crippen LogP contribution < -0.4 is 10.5 Å². The molecule has 96 valence electrons. The van der Waals surface area contributed by atoms with Gasteiger partial charge in [0.15, 0.2) is 0 Å². The molecular weight excluding hydrogens is 226 g/mol. The quantitative estimate of drug-likeness (QED) is 0.898. The molecule has 0 spiro atoms. The lowest BCUT2D eigenvalue weighted by Crippen LogP contribution is -2.05. The van der Waals surface area contributed by atoms with Gasteiger partial charge in [-0.15, -0.1) is 0 Å². The van der Waals surface area contributed by atoms with Crippen LogP contribution in [0.5, 0.6) is 5.75 Å². The molecule has 0 unspecified atom stereocenters. The fourth-order valence-corrected chi connectivity index (χ4v) is 2.08. The maximum Gasteiger partial charge on any atom is 0.122 e. The highest BCUT2D eigenvalue weighted by molar-refractivity contribution is 5.67. The summed E-state index contributed by atoms with van der Waals surface area (Å²) in [5, 5.41) is 4.26. The second kappa shape index (κ2) is 5.23. The molecule has 0 saturated carbocycles. The number of aryl methyl sites for hydroxylation is 2. The first-order chi connectivity index (χ1) is 8.67. The molecule has 0 aliphatic heterocycles. The molecule has 4 heteroatoms. The zero-order valence-corrected chi connectivity index (χ0v) is 11.1. The first kappa shape index (κ1) is 12.6. The molecule has 2 aromatic rings. The van der Waals surface area contributed by atoms with Crippen molar-refractivity contribution in [3.05, 3.63) is 35.7 Å². The largest absolute Gasteiger partial charge is 0.494 e. The number of aromatic nitrogens is 2. The summed E-state index contributed by atoms with van der Waals surface area (Å²) in [6, 6.07) is 6.16. The van der Waals surface area contributed by atoms with E-state index >= 15 is 0 Å². The highest BCUT2D eigenvalue weighted by Crippen LogP contribution is 2.28. The average molecular weight is 245 g/mol. The Morgan fingerprint density at radius 2 is 2.17 bits per heavy atom. The normalized spacial score (nSPS) is 10.7. The van der Waals surface area contributed by atoms with Crippen LogP contribution in [0.25, 0.3) is 11.1 Å². The Morgan fingerprint density at radius 3 is 2.78 bits per heavy atom. The smallest absolute Gasteiger partial charge is 0.122 e. The van der Waals surface area contributed by atoms with Crippen LogP contribution in [0.1, 0.15) is 18.2 Å². The SMILES string of the molecule is CCOc1ccc(-c2cnn(C)c2CN)cc1C. The van der Waals surface area contributed by atoms with Crippen molar-refractivity contribution in [2.75, 3.05) is 6.61 Å². The van der Waals surface area contributed by atoms with Crippen LogP contribution in [0, 0.1) is 6.92 Å². The Balaban J connectivity index is 2.42. The number of rotatable bonds is 4. The third-order valence-corrected chi connectivity index (χ3v) is 3.04. The maximum atomic E-state index is 5.76. The van der Waals surface area contributed by atoms with Crippen molar-refractivity contribution < 1.29 is 4.74 Å². The van der Waals surface area contributed by atoms with Crippen LogP contribution in [0.3, 0.4) is 0 Å². The molecule has 1 aromatic heterocycles. The predicted octanol–water partition coefficient (Wildman–Crippen LogP) is 2.25. The molecule has 0 saturated heterocycles. The minimum atomic E-state index is 0.484. The second-order valence-corrected chi connectivity index (χ2v) is 4.25. The fourth-order valence-electron chi connectivity index (χ4n) is 2.08. The van der Waals surface area contributed by atoms with E-state index in [0.29, 0.717) is 13.2 Å².